The quantitative estimate of drug-likeness (QED) is 0.856. The van der Waals surface area contributed by atoms with E-state index in [1.54, 1.807) is 0 Å². The van der Waals surface area contributed by atoms with Gasteiger partial charge >= 0.3 is 12.8 Å². The Balaban J connectivity index is 2.96. The lowest BCUT2D eigenvalue weighted by atomic mass is 10.1. The molecule has 8 heteroatoms. The lowest BCUT2D eigenvalue weighted by Crippen LogP contribution is -2.20. The number of hydrogen-bond acceptors (Lipinski definition) is 2. The molecule has 0 aliphatic rings. The highest BCUT2D eigenvalue weighted by Crippen LogP contribution is 2.36. The van der Waals surface area contributed by atoms with E-state index >= 15 is 0 Å². The smallest absolute Gasteiger partial charge is 0.418 e. The number of ether oxygens (including phenoxy) is 1. The van der Waals surface area contributed by atoms with Crippen LogP contribution >= 0.6 is 11.6 Å². The number of aliphatic hydroxyl groups excluding tert-OH is 1. The fourth-order valence-corrected chi connectivity index (χ4v) is 1.30. The van der Waals surface area contributed by atoms with Crippen LogP contribution in [-0.4, -0.2) is 17.9 Å². The molecule has 1 atom stereocenters. The molecule has 1 unspecified atom stereocenters. The van der Waals surface area contributed by atoms with Crippen molar-refractivity contribution in [3.05, 3.63) is 28.8 Å². The second-order valence-corrected chi connectivity index (χ2v) is 3.42. The minimum absolute atomic E-state index is 0.439. The Labute approximate surface area is 97.6 Å². The first-order valence-corrected chi connectivity index (χ1v) is 4.58. The third-order valence-corrected chi connectivity index (χ3v) is 2.09. The van der Waals surface area contributed by atoms with E-state index < -0.39 is 35.2 Å². The standard InChI is InChI=1S/C9H6ClF5O2/c10-5-3-4(7(16)9(13,14)15)1-2-6(5)17-8(11)12/h1-3,7-8,16H. The first kappa shape index (κ1) is 14.0. The molecule has 0 aliphatic heterocycles. The van der Waals surface area contributed by atoms with Gasteiger partial charge in [0, 0.05) is 0 Å². The van der Waals surface area contributed by atoms with E-state index in [0.717, 1.165) is 18.2 Å². The second kappa shape index (κ2) is 5.05. The van der Waals surface area contributed by atoms with Gasteiger partial charge in [-0.2, -0.15) is 22.0 Å². The molecular weight excluding hydrogens is 271 g/mol. The highest BCUT2D eigenvalue weighted by Gasteiger charge is 2.39. The zero-order valence-electron chi connectivity index (χ0n) is 8.01. The summed E-state index contributed by atoms with van der Waals surface area (Å²) in [5.74, 6) is -0.459. The van der Waals surface area contributed by atoms with Crippen molar-refractivity contribution in [3.8, 4) is 5.75 Å². The van der Waals surface area contributed by atoms with Gasteiger partial charge in [-0.05, 0) is 17.7 Å². The summed E-state index contributed by atoms with van der Waals surface area (Å²) >= 11 is 5.43. The van der Waals surface area contributed by atoms with Crippen LogP contribution in [-0.2, 0) is 0 Å². The Bertz CT molecular complexity index is 393. The number of hydrogen-bond donors (Lipinski definition) is 1. The lowest BCUT2D eigenvalue weighted by molar-refractivity contribution is -0.206. The summed E-state index contributed by atoms with van der Waals surface area (Å²) in [4.78, 5) is 0. The molecule has 1 aromatic rings. The van der Waals surface area contributed by atoms with Crippen molar-refractivity contribution in [3.63, 3.8) is 0 Å². The molecule has 0 saturated heterocycles. The summed E-state index contributed by atoms with van der Waals surface area (Å²) < 4.78 is 64.0. The Kier molecular flexibility index (Phi) is 4.16. The Hall–Kier alpha value is -1.08. The zero-order chi connectivity index (χ0) is 13.2. The van der Waals surface area contributed by atoms with E-state index in [4.69, 9.17) is 16.7 Å². The third kappa shape index (κ3) is 3.71. The molecule has 0 aromatic heterocycles. The van der Waals surface area contributed by atoms with E-state index in [0.29, 0.717) is 0 Å². The molecule has 0 spiro atoms. The van der Waals surface area contributed by atoms with Crippen LogP contribution < -0.4 is 4.74 Å². The lowest BCUT2D eigenvalue weighted by Gasteiger charge is -2.16. The van der Waals surface area contributed by atoms with Gasteiger partial charge in [-0.15, -0.1) is 0 Å². The van der Waals surface area contributed by atoms with Gasteiger partial charge < -0.3 is 9.84 Å². The predicted octanol–water partition coefficient (Wildman–Crippen LogP) is 3.54. The molecule has 2 nitrogen and oxygen atoms in total. The average molecular weight is 277 g/mol. The highest BCUT2D eigenvalue weighted by molar-refractivity contribution is 6.32. The fraction of sp³-hybridized carbons (Fsp3) is 0.333. The number of benzene rings is 1. The van der Waals surface area contributed by atoms with Crippen molar-refractivity contribution >= 4 is 11.6 Å². The summed E-state index contributed by atoms with van der Waals surface area (Å²) in [6.45, 7) is -3.13. The van der Waals surface area contributed by atoms with Crippen LogP contribution in [0.5, 0.6) is 5.75 Å². The average Bonchev–Trinajstić information content (AvgIpc) is 2.18. The Morgan fingerprint density at radius 2 is 1.82 bits per heavy atom. The maximum atomic E-state index is 12.1. The largest absolute Gasteiger partial charge is 0.433 e. The van der Waals surface area contributed by atoms with Gasteiger partial charge in [-0.1, -0.05) is 17.7 Å². The van der Waals surface area contributed by atoms with E-state index in [9.17, 15) is 22.0 Å². The normalized spacial score (nSPS) is 13.9. The van der Waals surface area contributed by atoms with Crippen molar-refractivity contribution in [2.75, 3.05) is 0 Å². The molecule has 17 heavy (non-hydrogen) atoms. The van der Waals surface area contributed by atoms with E-state index in [1.165, 1.54) is 0 Å². The maximum Gasteiger partial charge on any atom is 0.418 e. The van der Waals surface area contributed by atoms with Crippen LogP contribution in [0.2, 0.25) is 5.02 Å². The van der Waals surface area contributed by atoms with Crippen LogP contribution in [0, 0.1) is 0 Å². The van der Waals surface area contributed by atoms with Gasteiger partial charge in [0.25, 0.3) is 0 Å². The van der Waals surface area contributed by atoms with Gasteiger partial charge in [0.05, 0.1) is 5.02 Å². The molecule has 96 valence electrons. The van der Waals surface area contributed by atoms with Crippen molar-refractivity contribution in [1.82, 2.24) is 0 Å². The van der Waals surface area contributed by atoms with Gasteiger partial charge in [-0.25, -0.2) is 0 Å². The third-order valence-electron chi connectivity index (χ3n) is 1.80. The van der Waals surface area contributed by atoms with E-state index in [1.807, 2.05) is 0 Å². The summed E-state index contributed by atoms with van der Waals surface area (Å²) in [5.41, 5.74) is -0.552. The van der Waals surface area contributed by atoms with Crippen LogP contribution in [0.15, 0.2) is 18.2 Å². The van der Waals surface area contributed by atoms with Crippen molar-refractivity contribution in [2.24, 2.45) is 0 Å². The molecule has 0 bridgehead atoms. The topological polar surface area (TPSA) is 29.5 Å². The Morgan fingerprint density at radius 3 is 2.24 bits per heavy atom. The summed E-state index contributed by atoms with van der Waals surface area (Å²) in [7, 11) is 0. The molecule has 0 saturated carbocycles. The molecule has 1 aromatic carbocycles. The predicted molar refractivity (Wildman–Crippen MR) is 49.1 cm³/mol. The number of alkyl halides is 5. The van der Waals surface area contributed by atoms with Crippen molar-refractivity contribution in [1.29, 1.82) is 0 Å². The van der Waals surface area contributed by atoms with Gasteiger partial charge in [0.15, 0.2) is 6.10 Å². The maximum absolute atomic E-state index is 12.1. The molecular formula is C9H6ClF5O2. The van der Waals surface area contributed by atoms with Crippen molar-refractivity contribution in [2.45, 2.75) is 18.9 Å². The zero-order valence-corrected chi connectivity index (χ0v) is 8.77. The SMILES string of the molecule is OC(c1ccc(OC(F)F)c(Cl)c1)C(F)(F)F. The summed E-state index contributed by atoms with van der Waals surface area (Å²) in [6, 6.07) is 2.36. The van der Waals surface area contributed by atoms with Crippen LogP contribution in [0.3, 0.4) is 0 Å². The van der Waals surface area contributed by atoms with Crippen LogP contribution in [0.4, 0.5) is 22.0 Å². The van der Waals surface area contributed by atoms with E-state index in [2.05, 4.69) is 4.74 Å². The first-order valence-electron chi connectivity index (χ1n) is 4.21. The number of aliphatic hydroxyl groups is 1. The minimum Gasteiger partial charge on any atom is -0.433 e. The summed E-state index contributed by atoms with van der Waals surface area (Å²) in [6.07, 6.45) is -7.57. The van der Waals surface area contributed by atoms with Gasteiger partial charge in [-0.3, -0.25) is 0 Å². The molecule has 0 heterocycles. The van der Waals surface area contributed by atoms with Gasteiger partial charge in [0.1, 0.15) is 5.75 Å². The molecule has 0 amide bonds. The van der Waals surface area contributed by atoms with E-state index in [-0.39, 0.29) is 0 Å². The molecule has 1 rings (SSSR count). The minimum atomic E-state index is -4.85. The molecule has 0 radical (unpaired) electrons. The fourth-order valence-electron chi connectivity index (χ4n) is 1.07. The number of halogens is 6. The van der Waals surface area contributed by atoms with Crippen molar-refractivity contribution < 1.29 is 31.8 Å². The first-order chi connectivity index (χ1) is 7.71. The second-order valence-electron chi connectivity index (χ2n) is 3.01. The molecule has 0 aliphatic carbocycles. The number of rotatable bonds is 3. The molecule has 1 N–H and O–H groups in total. The van der Waals surface area contributed by atoms with Crippen LogP contribution in [0.25, 0.3) is 0 Å². The Morgan fingerprint density at radius 1 is 1.24 bits per heavy atom. The summed E-state index contributed by atoms with van der Waals surface area (Å²) in [5, 5.41) is 8.44. The van der Waals surface area contributed by atoms with Crippen LogP contribution in [0.1, 0.15) is 11.7 Å². The van der Waals surface area contributed by atoms with Gasteiger partial charge in [0.2, 0.25) is 0 Å². The molecule has 0 fully saturated rings. The highest BCUT2D eigenvalue weighted by atomic mass is 35.5. The monoisotopic (exact) mass is 276 g/mol.